The summed E-state index contributed by atoms with van der Waals surface area (Å²) in [5.41, 5.74) is 1.04. The first kappa shape index (κ1) is 31.7. The number of hydrogen-bond donors (Lipinski definition) is 3. The molecule has 0 saturated heterocycles. The van der Waals surface area contributed by atoms with E-state index in [2.05, 4.69) is 10.6 Å². The lowest BCUT2D eigenvalue weighted by Gasteiger charge is -2.33. The summed E-state index contributed by atoms with van der Waals surface area (Å²) in [6, 6.07) is 9.04. The largest absolute Gasteiger partial charge is 0.488 e. The molecule has 230 valence electrons. The summed E-state index contributed by atoms with van der Waals surface area (Å²) in [5, 5.41) is 15.7. The highest BCUT2D eigenvalue weighted by Crippen LogP contribution is 2.30. The van der Waals surface area contributed by atoms with Gasteiger partial charge in [0.25, 0.3) is 0 Å². The molecule has 2 aromatic rings. The zero-order valence-electron chi connectivity index (χ0n) is 24.4. The summed E-state index contributed by atoms with van der Waals surface area (Å²) in [6.45, 7) is 3.57. The number of rotatable bonds is 8. The third-order valence-corrected chi connectivity index (χ3v) is 9.91. The first-order valence-corrected chi connectivity index (χ1v) is 15.9. The molecule has 12 heteroatoms. The topological polar surface area (TPSA) is 128 Å². The van der Waals surface area contributed by atoms with Crippen LogP contribution >= 0.6 is 0 Å². The van der Waals surface area contributed by atoms with Gasteiger partial charge in [-0.1, -0.05) is 26.2 Å². The highest BCUT2D eigenvalue weighted by Gasteiger charge is 2.33. The van der Waals surface area contributed by atoms with Crippen molar-refractivity contribution < 1.29 is 32.2 Å². The SMILES string of the molecule is C[C@H]1CN([C@@H](C)CO)C(=O)Cc2cc(NC(=O)NC3CCCCC3)ccc2O[C@@H]1CN(C)S(=O)(=O)c1ccc(F)cc1. The fraction of sp³-hybridized carbons (Fsp3) is 0.533. The maximum Gasteiger partial charge on any atom is 0.319 e. The number of sulfonamides is 1. The van der Waals surface area contributed by atoms with E-state index in [0.717, 1.165) is 42.1 Å². The Morgan fingerprint density at radius 2 is 1.86 bits per heavy atom. The number of likely N-dealkylation sites (N-methyl/N-ethyl adjacent to an activating group) is 1. The Labute approximate surface area is 247 Å². The molecule has 0 spiro atoms. The lowest BCUT2D eigenvalue weighted by molar-refractivity contribution is -0.134. The third kappa shape index (κ3) is 7.78. The average Bonchev–Trinajstić information content (AvgIpc) is 3.00. The number of benzene rings is 2. The van der Waals surface area contributed by atoms with E-state index in [-0.39, 0.29) is 54.9 Å². The van der Waals surface area contributed by atoms with E-state index in [4.69, 9.17) is 4.74 Å². The predicted octanol–water partition coefficient (Wildman–Crippen LogP) is 3.75. The fourth-order valence-corrected chi connectivity index (χ4v) is 6.65. The standard InChI is InChI=1S/C30H41FN4O6S/c1-20-17-35(21(2)19-36)29(37)16-22-15-25(33-30(38)32-24-7-5-4-6-8-24)11-14-27(22)41-28(20)18-34(3)42(39,40)26-12-9-23(31)10-13-26/h9-15,20-21,24,28,36H,4-8,16-19H2,1-3H3,(H2,32,33,38)/t20-,21-,28+/m0/s1. The molecule has 3 atom stereocenters. The summed E-state index contributed by atoms with van der Waals surface area (Å²) >= 11 is 0. The second-order valence-electron chi connectivity index (χ2n) is 11.4. The Balaban J connectivity index is 1.59. The molecule has 3 N–H and O–H groups in total. The number of ether oxygens (including phenoxy) is 1. The second-order valence-corrected chi connectivity index (χ2v) is 13.4. The van der Waals surface area contributed by atoms with Gasteiger partial charge in [-0.15, -0.1) is 0 Å². The number of nitrogens with zero attached hydrogens (tertiary/aromatic N) is 2. The molecule has 3 amide bonds. The average molecular weight is 605 g/mol. The zero-order valence-corrected chi connectivity index (χ0v) is 25.2. The number of carbonyl (C=O) groups is 2. The highest BCUT2D eigenvalue weighted by molar-refractivity contribution is 7.89. The number of fused-ring (bicyclic) bond motifs is 1. The summed E-state index contributed by atoms with van der Waals surface area (Å²) in [7, 11) is -2.52. The van der Waals surface area contributed by atoms with Crippen LogP contribution in [0.4, 0.5) is 14.9 Å². The van der Waals surface area contributed by atoms with Crippen molar-refractivity contribution in [1.82, 2.24) is 14.5 Å². The molecule has 10 nitrogen and oxygen atoms in total. The summed E-state index contributed by atoms with van der Waals surface area (Å²) in [6.07, 6.45) is 4.56. The van der Waals surface area contributed by atoms with Gasteiger partial charge in [0.2, 0.25) is 15.9 Å². The van der Waals surface area contributed by atoms with Crippen molar-refractivity contribution >= 4 is 27.6 Å². The maximum absolute atomic E-state index is 13.4. The van der Waals surface area contributed by atoms with Crippen LogP contribution in [-0.2, 0) is 21.2 Å². The van der Waals surface area contributed by atoms with Gasteiger partial charge < -0.3 is 25.4 Å². The summed E-state index contributed by atoms with van der Waals surface area (Å²) < 4.78 is 47.5. The molecular formula is C30H41FN4O6S. The molecule has 1 aliphatic heterocycles. The quantitative estimate of drug-likeness (QED) is 0.421. The van der Waals surface area contributed by atoms with Gasteiger partial charge in [-0.2, -0.15) is 4.31 Å². The van der Waals surface area contributed by atoms with Crippen LogP contribution in [0.15, 0.2) is 47.4 Å². The Hall–Kier alpha value is -3.22. The molecule has 0 radical (unpaired) electrons. The Morgan fingerprint density at radius 3 is 2.52 bits per heavy atom. The molecule has 1 aliphatic carbocycles. The van der Waals surface area contributed by atoms with Crippen molar-refractivity contribution in [2.24, 2.45) is 5.92 Å². The van der Waals surface area contributed by atoms with Gasteiger partial charge in [0.05, 0.1) is 30.5 Å². The minimum atomic E-state index is -3.95. The van der Waals surface area contributed by atoms with Crippen LogP contribution in [0.2, 0.25) is 0 Å². The van der Waals surface area contributed by atoms with Crippen LogP contribution in [-0.4, -0.2) is 79.6 Å². The van der Waals surface area contributed by atoms with Crippen molar-refractivity contribution in [2.45, 2.75) is 75.5 Å². The minimum Gasteiger partial charge on any atom is -0.488 e. The van der Waals surface area contributed by atoms with Gasteiger partial charge in [0, 0.05) is 36.8 Å². The van der Waals surface area contributed by atoms with Crippen LogP contribution in [0.3, 0.4) is 0 Å². The smallest absolute Gasteiger partial charge is 0.319 e. The molecule has 4 rings (SSSR count). The monoisotopic (exact) mass is 604 g/mol. The van der Waals surface area contributed by atoms with E-state index < -0.39 is 28.0 Å². The minimum absolute atomic E-state index is 0.0252. The number of halogens is 1. The molecule has 0 bridgehead atoms. The third-order valence-electron chi connectivity index (χ3n) is 8.07. The Morgan fingerprint density at radius 1 is 1.17 bits per heavy atom. The molecule has 1 fully saturated rings. The summed E-state index contributed by atoms with van der Waals surface area (Å²) in [4.78, 5) is 27.7. The molecule has 42 heavy (non-hydrogen) atoms. The highest BCUT2D eigenvalue weighted by atomic mass is 32.2. The van der Waals surface area contributed by atoms with Crippen LogP contribution in [0.25, 0.3) is 0 Å². The van der Waals surface area contributed by atoms with Crippen molar-refractivity contribution in [3.05, 3.63) is 53.8 Å². The van der Waals surface area contributed by atoms with Gasteiger partial charge in [0.1, 0.15) is 17.7 Å². The Bertz CT molecular complexity index is 1350. The molecule has 1 heterocycles. The van der Waals surface area contributed by atoms with E-state index in [0.29, 0.717) is 17.0 Å². The second kappa shape index (κ2) is 13.8. The van der Waals surface area contributed by atoms with Crippen molar-refractivity contribution in [1.29, 1.82) is 0 Å². The number of carbonyl (C=O) groups excluding carboxylic acids is 2. The van der Waals surface area contributed by atoms with Gasteiger partial charge in [0.15, 0.2) is 0 Å². The molecule has 0 unspecified atom stereocenters. The number of nitrogens with one attached hydrogen (secondary N) is 2. The first-order chi connectivity index (χ1) is 20.0. The van der Waals surface area contributed by atoms with Crippen molar-refractivity contribution in [3.8, 4) is 5.75 Å². The van der Waals surface area contributed by atoms with Gasteiger partial charge >= 0.3 is 6.03 Å². The Kier molecular flexibility index (Phi) is 10.4. The fourth-order valence-electron chi connectivity index (χ4n) is 5.46. The lowest BCUT2D eigenvalue weighted by Crippen LogP contribution is -2.48. The van der Waals surface area contributed by atoms with Crippen LogP contribution in [0.5, 0.6) is 5.75 Å². The van der Waals surface area contributed by atoms with E-state index in [1.807, 2.05) is 6.92 Å². The zero-order chi connectivity index (χ0) is 30.4. The number of urea groups is 1. The predicted molar refractivity (Wildman–Crippen MR) is 157 cm³/mol. The van der Waals surface area contributed by atoms with Gasteiger partial charge in [-0.3, -0.25) is 4.79 Å². The van der Waals surface area contributed by atoms with Crippen LogP contribution < -0.4 is 15.4 Å². The van der Waals surface area contributed by atoms with Crippen molar-refractivity contribution in [2.75, 3.05) is 32.1 Å². The summed E-state index contributed by atoms with van der Waals surface area (Å²) in [5.74, 6) is -0.669. The van der Waals surface area contributed by atoms with Crippen LogP contribution in [0.1, 0.15) is 51.5 Å². The van der Waals surface area contributed by atoms with Crippen molar-refractivity contribution in [3.63, 3.8) is 0 Å². The van der Waals surface area contributed by atoms with Gasteiger partial charge in [-0.25, -0.2) is 17.6 Å². The molecule has 2 aromatic carbocycles. The molecular weight excluding hydrogens is 563 g/mol. The number of anilines is 1. The molecule has 2 aliphatic rings. The van der Waals surface area contributed by atoms with E-state index >= 15 is 0 Å². The van der Waals surface area contributed by atoms with Gasteiger partial charge in [-0.05, 0) is 62.2 Å². The number of amides is 3. The first-order valence-electron chi connectivity index (χ1n) is 14.5. The lowest BCUT2D eigenvalue weighted by atomic mass is 9.96. The number of aliphatic hydroxyl groups excluding tert-OH is 1. The number of hydrogen-bond acceptors (Lipinski definition) is 6. The van der Waals surface area contributed by atoms with E-state index in [9.17, 15) is 27.5 Å². The molecule has 0 aromatic heterocycles. The van der Waals surface area contributed by atoms with E-state index in [1.54, 1.807) is 30.0 Å². The normalized spacial score (nSPS) is 21.0. The molecule has 1 saturated carbocycles. The van der Waals surface area contributed by atoms with E-state index in [1.165, 1.54) is 25.6 Å². The number of aliphatic hydroxyl groups is 1. The maximum atomic E-state index is 13.4. The van der Waals surface area contributed by atoms with Crippen LogP contribution in [0, 0.1) is 11.7 Å².